The Morgan fingerprint density at radius 1 is 1.08 bits per heavy atom. The zero-order chi connectivity index (χ0) is 17.8. The lowest BCUT2D eigenvalue weighted by Gasteiger charge is -2.29. The van der Waals surface area contributed by atoms with Crippen molar-refractivity contribution in [2.75, 3.05) is 0 Å². The zero-order valence-corrected chi connectivity index (χ0v) is 15.2. The molecule has 2 aromatic rings. The van der Waals surface area contributed by atoms with Crippen LogP contribution in [0.5, 0.6) is 0 Å². The van der Waals surface area contributed by atoms with Gasteiger partial charge < -0.3 is 0 Å². The number of fused-ring (bicyclic) bond motifs is 1. The van der Waals surface area contributed by atoms with Crippen LogP contribution in [0.3, 0.4) is 0 Å². The normalized spacial score (nSPS) is 20.8. The van der Waals surface area contributed by atoms with Crippen molar-refractivity contribution in [2.45, 2.75) is 64.2 Å². The maximum atomic E-state index is 14.5. The summed E-state index contributed by atoms with van der Waals surface area (Å²) in [5.41, 5.74) is 1.65. The number of aryl methyl sites for hydroxylation is 1. The molecule has 0 spiro atoms. The van der Waals surface area contributed by atoms with Gasteiger partial charge in [-0.1, -0.05) is 31.6 Å². The van der Waals surface area contributed by atoms with Crippen molar-refractivity contribution in [1.82, 2.24) is 0 Å². The number of rotatable bonds is 6. The van der Waals surface area contributed by atoms with Crippen LogP contribution in [-0.2, 0) is 6.42 Å². The van der Waals surface area contributed by atoms with Crippen LogP contribution in [0.25, 0.3) is 10.8 Å². The monoisotopic (exact) mass is 342 g/mol. The molecule has 1 saturated carbocycles. The van der Waals surface area contributed by atoms with E-state index in [-0.39, 0.29) is 0 Å². The molecular formula is C23H28F2. The first-order chi connectivity index (χ1) is 12.1. The minimum absolute atomic E-state index is 0.434. The van der Waals surface area contributed by atoms with Crippen molar-refractivity contribution >= 4 is 10.8 Å². The summed E-state index contributed by atoms with van der Waals surface area (Å²) in [6, 6.07) is 7.78. The SMILES string of the molecule is C=CCCC1CCC(c2ccc3cc(CCC)c(F)c(F)c3c2)CC1. The van der Waals surface area contributed by atoms with Crippen LogP contribution in [-0.4, -0.2) is 0 Å². The van der Waals surface area contributed by atoms with Crippen molar-refractivity contribution in [2.24, 2.45) is 5.92 Å². The Morgan fingerprint density at radius 2 is 1.84 bits per heavy atom. The summed E-state index contributed by atoms with van der Waals surface area (Å²) in [4.78, 5) is 0. The molecule has 2 heteroatoms. The molecule has 2 aromatic carbocycles. The van der Waals surface area contributed by atoms with Crippen molar-refractivity contribution in [3.8, 4) is 0 Å². The van der Waals surface area contributed by atoms with E-state index >= 15 is 0 Å². The van der Waals surface area contributed by atoms with Gasteiger partial charge in [0.25, 0.3) is 0 Å². The average Bonchev–Trinajstić information content (AvgIpc) is 2.64. The lowest BCUT2D eigenvalue weighted by Crippen LogP contribution is -2.13. The predicted octanol–water partition coefficient (Wildman–Crippen LogP) is 7.31. The lowest BCUT2D eigenvalue weighted by molar-refractivity contribution is 0.312. The minimum Gasteiger partial charge on any atom is -0.203 e. The molecule has 0 radical (unpaired) electrons. The lowest BCUT2D eigenvalue weighted by atomic mass is 9.77. The van der Waals surface area contributed by atoms with Gasteiger partial charge in [0.2, 0.25) is 0 Å². The van der Waals surface area contributed by atoms with E-state index in [1.807, 2.05) is 31.2 Å². The fourth-order valence-corrected chi connectivity index (χ4v) is 4.24. The molecule has 0 unspecified atom stereocenters. The number of hydrogen-bond acceptors (Lipinski definition) is 0. The van der Waals surface area contributed by atoms with Crippen LogP contribution in [0.1, 0.15) is 68.9 Å². The largest absolute Gasteiger partial charge is 0.203 e. The summed E-state index contributed by atoms with van der Waals surface area (Å²) < 4.78 is 28.8. The summed E-state index contributed by atoms with van der Waals surface area (Å²) in [5, 5.41) is 1.24. The van der Waals surface area contributed by atoms with Crippen molar-refractivity contribution in [3.05, 3.63) is 59.7 Å². The van der Waals surface area contributed by atoms with Crippen LogP contribution >= 0.6 is 0 Å². The number of halogens is 2. The topological polar surface area (TPSA) is 0 Å². The number of hydrogen-bond donors (Lipinski definition) is 0. The maximum absolute atomic E-state index is 14.5. The van der Waals surface area contributed by atoms with E-state index in [1.165, 1.54) is 19.3 Å². The first kappa shape index (κ1) is 18.1. The Morgan fingerprint density at radius 3 is 2.52 bits per heavy atom. The molecule has 0 aliphatic heterocycles. The smallest absolute Gasteiger partial charge is 0.166 e. The fraction of sp³-hybridized carbons (Fsp3) is 0.478. The van der Waals surface area contributed by atoms with Gasteiger partial charge in [0.1, 0.15) is 0 Å². The van der Waals surface area contributed by atoms with E-state index in [0.717, 1.165) is 42.6 Å². The summed E-state index contributed by atoms with van der Waals surface area (Å²) in [7, 11) is 0. The molecular weight excluding hydrogens is 314 g/mol. The molecule has 0 heterocycles. The van der Waals surface area contributed by atoms with Gasteiger partial charge in [-0.3, -0.25) is 0 Å². The Bertz CT molecular complexity index is 739. The number of benzene rings is 2. The van der Waals surface area contributed by atoms with E-state index in [9.17, 15) is 8.78 Å². The Balaban J connectivity index is 1.81. The highest BCUT2D eigenvalue weighted by atomic mass is 19.2. The first-order valence-corrected chi connectivity index (χ1v) is 9.65. The van der Waals surface area contributed by atoms with Crippen LogP contribution in [0, 0.1) is 17.6 Å². The molecule has 134 valence electrons. The van der Waals surface area contributed by atoms with Crippen LogP contribution in [0.15, 0.2) is 36.9 Å². The third-order valence-electron chi connectivity index (χ3n) is 5.73. The molecule has 0 bridgehead atoms. The van der Waals surface area contributed by atoms with Crippen LogP contribution in [0.4, 0.5) is 8.78 Å². The zero-order valence-electron chi connectivity index (χ0n) is 15.2. The van der Waals surface area contributed by atoms with Gasteiger partial charge in [0.05, 0.1) is 0 Å². The molecule has 1 aliphatic carbocycles. The van der Waals surface area contributed by atoms with E-state index in [4.69, 9.17) is 0 Å². The summed E-state index contributed by atoms with van der Waals surface area (Å²) in [6.07, 6.45) is 10.5. The van der Waals surface area contributed by atoms with Crippen LogP contribution < -0.4 is 0 Å². The fourth-order valence-electron chi connectivity index (χ4n) is 4.24. The molecule has 0 atom stereocenters. The first-order valence-electron chi connectivity index (χ1n) is 9.65. The molecule has 3 rings (SSSR count). The Labute approximate surface area is 149 Å². The Kier molecular flexibility index (Phi) is 5.88. The van der Waals surface area contributed by atoms with Gasteiger partial charge in [-0.25, -0.2) is 8.78 Å². The quantitative estimate of drug-likeness (QED) is 0.483. The second-order valence-corrected chi connectivity index (χ2v) is 7.48. The van der Waals surface area contributed by atoms with E-state index in [0.29, 0.717) is 23.3 Å². The minimum atomic E-state index is -0.678. The third kappa shape index (κ3) is 3.94. The van der Waals surface area contributed by atoms with Gasteiger partial charge in [-0.2, -0.15) is 0 Å². The van der Waals surface area contributed by atoms with E-state index in [1.54, 1.807) is 0 Å². The molecule has 0 N–H and O–H groups in total. The van der Waals surface area contributed by atoms with Crippen molar-refractivity contribution in [1.29, 1.82) is 0 Å². The van der Waals surface area contributed by atoms with Gasteiger partial charge in [0, 0.05) is 5.39 Å². The maximum Gasteiger partial charge on any atom is 0.166 e. The van der Waals surface area contributed by atoms with E-state index in [2.05, 4.69) is 12.6 Å². The van der Waals surface area contributed by atoms with Crippen LogP contribution in [0.2, 0.25) is 0 Å². The van der Waals surface area contributed by atoms with Gasteiger partial charge >= 0.3 is 0 Å². The van der Waals surface area contributed by atoms with Gasteiger partial charge in [-0.15, -0.1) is 6.58 Å². The average molecular weight is 342 g/mol. The summed E-state index contributed by atoms with van der Waals surface area (Å²) >= 11 is 0. The Hall–Kier alpha value is -1.70. The summed E-state index contributed by atoms with van der Waals surface area (Å²) in [5.74, 6) is -0.0789. The molecule has 0 nitrogen and oxygen atoms in total. The third-order valence-corrected chi connectivity index (χ3v) is 5.73. The predicted molar refractivity (Wildman–Crippen MR) is 102 cm³/mol. The van der Waals surface area contributed by atoms with Crippen molar-refractivity contribution < 1.29 is 8.78 Å². The molecule has 25 heavy (non-hydrogen) atoms. The molecule has 0 saturated heterocycles. The van der Waals surface area contributed by atoms with Gasteiger partial charge in [0.15, 0.2) is 11.6 Å². The highest BCUT2D eigenvalue weighted by Crippen LogP contribution is 2.39. The molecule has 1 aliphatic rings. The second kappa shape index (κ2) is 8.12. The van der Waals surface area contributed by atoms with E-state index < -0.39 is 11.6 Å². The highest BCUT2D eigenvalue weighted by Gasteiger charge is 2.23. The second-order valence-electron chi connectivity index (χ2n) is 7.48. The number of allylic oxidation sites excluding steroid dienone is 1. The van der Waals surface area contributed by atoms with Crippen molar-refractivity contribution in [3.63, 3.8) is 0 Å². The summed E-state index contributed by atoms with van der Waals surface area (Å²) in [6.45, 7) is 5.79. The molecule has 0 amide bonds. The molecule has 1 fully saturated rings. The molecule has 0 aromatic heterocycles. The standard InChI is InChI=1S/C23H28F2/c1-3-5-7-16-8-10-17(11-9-16)18-12-13-19-14-20(6-4-2)22(24)23(25)21(19)15-18/h3,12-17H,1,4-11H2,2H3. The van der Waals surface area contributed by atoms with Gasteiger partial charge in [-0.05, 0) is 85.4 Å². The highest BCUT2D eigenvalue weighted by molar-refractivity contribution is 5.84.